The molecular formula is C25H28FN5OS. The molecule has 172 valence electrons. The Balaban J connectivity index is 1.12. The smallest absolute Gasteiger partial charge is 0.224 e. The molecule has 6 nitrogen and oxygen atoms in total. The maximum atomic E-state index is 13.1. The molecule has 6 rings (SSSR count). The highest BCUT2D eigenvalue weighted by molar-refractivity contribution is 7.98. The number of piperidine rings is 3. The van der Waals surface area contributed by atoms with Crippen molar-refractivity contribution >= 4 is 17.7 Å². The number of thioether (sulfide) groups is 1. The van der Waals surface area contributed by atoms with Gasteiger partial charge in [-0.25, -0.2) is 4.39 Å². The number of hydrogen-bond acceptors (Lipinski definition) is 5. The van der Waals surface area contributed by atoms with Crippen LogP contribution in [0.1, 0.15) is 24.1 Å². The highest BCUT2D eigenvalue weighted by atomic mass is 32.2. The van der Waals surface area contributed by atoms with E-state index in [2.05, 4.69) is 32.7 Å². The number of nitrogens with one attached hydrogen (secondary N) is 1. The summed E-state index contributed by atoms with van der Waals surface area (Å²) in [5, 5.41) is 11.7. The van der Waals surface area contributed by atoms with Gasteiger partial charge in [0.05, 0.1) is 18.2 Å². The van der Waals surface area contributed by atoms with Crippen LogP contribution in [0.5, 0.6) is 0 Å². The Labute approximate surface area is 197 Å². The van der Waals surface area contributed by atoms with Gasteiger partial charge in [-0.05, 0) is 55.1 Å². The van der Waals surface area contributed by atoms with Gasteiger partial charge in [0.15, 0.2) is 0 Å². The summed E-state index contributed by atoms with van der Waals surface area (Å²) in [4.78, 5) is 16.5. The molecule has 1 N–H and O–H groups in total. The zero-order valence-corrected chi connectivity index (χ0v) is 19.3. The molecule has 3 saturated heterocycles. The molecule has 8 heteroatoms. The molecule has 0 saturated carbocycles. The van der Waals surface area contributed by atoms with Gasteiger partial charge in [-0.2, -0.15) is 0 Å². The van der Waals surface area contributed by atoms with Crippen molar-refractivity contribution in [2.45, 2.75) is 42.6 Å². The fourth-order valence-electron chi connectivity index (χ4n) is 4.93. The van der Waals surface area contributed by atoms with Crippen molar-refractivity contribution in [2.75, 3.05) is 13.1 Å². The molecule has 1 amide bonds. The van der Waals surface area contributed by atoms with Crippen molar-refractivity contribution in [3.05, 3.63) is 77.9 Å². The van der Waals surface area contributed by atoms with Crippen LogP contribution in [0.4, 0.5) is 4.39 Å². The molecule has 3 aliphatic rings. The number of nitrogens with zero attached hydrogens (tertiary/aromatic N) is 4. The Bertz CT molecular complexity index is 1070. The van der Waals surface area contributed by atoms with Crippen molar-refractivity contribution in [1.29, 1.82) is 0 Å². The van der Waals surface area contributed by atoms with Gasteiger partial charge in [-0.15, -0.1) is 16.9 Å². The Hall–Kier alpha value is -2.71. The summed E-state index contributed by atoms with van der Waals surface area (Å²) >= 11 is 1.76. The molecule has 3 aromatic rings. The van der Waals surface area contributed by atoms with E-state index < -0.39 is 0 Å². The lowest BCUT2D eigenvalue weighted by molar-refractivity contribution is -0.133. The normalized spacial score (nSPS) is 24.0. The zero-order chi connectivity index (χ0) is 22.6. The van der Waals surface area contributed by atoms with E-state index in [1.165, 1.54) is 17.0 Å². The van der Waals surface area contributed by atoms with Crippen LogP contribution in [0, 0.1) is 17.7 Å². The first-order chi connectivity index (χ1) is 16.1. The quantitative estimate of drug-likeness (QED) is 0.514. The second kappa shape index (κ2) is 10.1. The fourth-order valence-corrected chi connectivity index (χ4v) is 5.73. The number of hydrogen-bond donors (Lipinski definition) is 1. The van der Waals surface area contributed by atoms with Crippen LogP contribution in [0.25, 0.3) is 0 Å². The van der Waals surface area contributed by atoms with Crippen molar-refractivity contribution in [1.82, 2.24) is 25.2 Å². The molecule has 0 radical (unpaired) electrons. The van der Waals surface area contributed by atoms with Gasteiger partial charge in [0, 0.05) is 36.0 Å². The second-order valence-corrected chi connectivity index (χ2v) is 9.97. The van der Waals surface area contributed by atoms with E-state index in [9.17, 15) is 9.18 Å². The first-order valence-electron chi connectivity index (χ1n) is 11.5. The van der Waals surface area contributed by atoms with Gasteiger partial charge in [0.1, 0.15) is 5.82 Å². The van der Waals surface area contributed by atoms with E-state index in [1.807, 2.05) is 29.1 Å². The molecule has 3 fully saturated rings. The third-order valence-corrected chi connectivity index (χ3v) is 7.75. The molecule has 1 aromatic heterocycles. The average molecular weight is 466 g/mol. The molecule has 0 spiro atoms. The highest BCUT2D eigenvalue weighted by Gasteiger charge is 2.43. The summed E-state index contributed by atoms with van der Waals surface area (Å²) in [6.45, 7) is 3.07. The third-order valence-electron chi connectivity index (χ3n) is 6.71. The van der Waals surface area contributed by atoms with Gasteiger partial charge in [-0.3, -0.25) is 14.4 Å². The third kappa shape index (κ3) is 5.45. The lowest BCUT2D eigenvalue weighted by atomic mass is 9.75. The largest absolute Gasteiger partial charge is 0.352 e. The van der Waals surface area contributed by atoms with E-state index in [0.29, 0.717) is 18.5 Å². The molecule has 0 aliphatic carbocycles. The van der Waals surface area contributed by atoms with E-state index in [4.69, 9.17) is 0 Å². The first kappa shape index (κ1) is 22.1. The Morgan fingerprint density at radius 1 is 1.15 bits per heavy atom. The zero-order valence-electron chi connectivity index (χ0n) is 18.4. The molecular weight excluding hydrogens is 437 g/mol. The maximum Gasteiger partial charge on any atom is 0.224 e. The number of aromatic nitrogens is 3. The lowest BCUT2D eigenvalue weighted by Crippen LogP contribution is -2.58. The number of amides is 1. The van der Waals surface area contributed by atoms with Crippen LogP contribution in [0.2, 0.25) is 0 Å². The number of carbonyl (C=O) groups excluding carboxylic acids is 1. The van der Waals surface area contributed by atoms with Crippen molar-refractivity contribution in [2.24, 2.45) is 11.8 Å². The predicted molar refractivity (Wildman–Crippen MR) is 126 cm³/mol. The van der Waals surface area contributed by atoms with Gasteiger partial charge < -0.3 is 5.32 Å². The van der Waals surface area contributed by atoms with E-state index >= 15 is 0 Å². The fraction of sp³-hybridized carbons (Fsp3) is 0.400. The van der Waals surface area contributed by atoms with Crippen molar-refractivity contribution in [3.8, 4) is 0 Å². The summed E-state index contributed by atoms with van der Waals surface area (Å²) in [6, 6.07) is 17.0. The van der Waals surface area contributed by atoms with E-state index in [-0.39, 0.29) is 17.6 Å². The summed E-state index contributed by atoms with van der Waals surface area (Å²) < 4.78 is 15.0. The van der Waals surface area contributed by atoms with Gasteiger partial charge in [-0.1, -0.05) is 35.5 Å². The van der Waals surface area contributed by atoms with E-state index in [0.717, 1.165) is 49.5 Å². The molecule has 2 bridgehead atoms. The standard InChI is InChI=1S/C25H28FN5OS/c26-20-8-6-18(7-9-20)13-27-25(32)24-16-30-11-10-19(24)12-22(30)15-31-14-21(28-29-31)17-33-23-4-2-1-3-5-23/h1-9,14,19,22,24H,10-13,15-17H2,(H,27,32)/t19-,22+,24-/m0/s1. The number of carbonyl (C=O) groups is 1. The van der Waals surface area contributed by atoms with Crippen molar-refractivity contribution in [3.63, 3.8) is 0 Å². The van der Waals surface area contributed by atoms with Crippen LogP contribution < -0.4 is 5.32 Å². The van der Waals surface area contributed by atoms with Crippen molar-refractivity contribution < 1.29 is 9.18 Å². The first-order valence-corrected chi connectivity index (χ1v) is 12.5. The molecule has 33 heavy (non-hydrogen) atoms. The summed E-state index contributed by atoms with van der Waals surface area (Å²) in [5.74, 6) is 1.06. The minimum atomic E-state index is -0.261. The van der Waals surface area contributed by atoms with E-state index in [1.54, 1.807) is 23.9 Å². The number of rotatable bonds is 8. The Kier molecular flexibility index (Phi) is 6.73. The molecule has 1 unspecified atom stereocenters. The minimum absolute atomic E-state index is 0.0176. The number of halogens is 1. The van der Waals surface area contributed by atoms with Crippen LogP contribution in [0.15, 0.2) is 65.7 Å². The SMILES string of the molecule is O=C(NCc1ccc(F)cc1)[C@H]1CN2CC[C@H]1C[C@@H]2Cn1cc(CSc2ccccc2)nn1. The number of fused-ring (bicyclic) bond motifs is 3. The van der Waals surface area contributed by atoms with Gasteiger partial charge in [0.25, 0.3) is 0 Å². The van der Waals surface area contributed by atoms with Gasteiger partial charge >= 0.3 is 0 Å². The summed E-state index contributed by atoms with van der Waals surface area (Å²) in [6.07, 6.45) is 4.11. The number of benzene rings is 2. The molecule has 4 atom stereocenters. The predicted octanol–water partition coefficient (Wildman–Crippen LogP) is 3.74. The summed E-state index contributed by atoms with van der Waals surface area (Å²) in [7, 11) is 0. The lowest BCUT2D eigenvalue weighted by Gasteiger charge is -2.49. The second-order valence-electron chi connectivity index (χ2n) is 8.92. The minimum Gasteiger partial charge on any atom is -0.352 e. The monoisotopic (exact) mass is 465 g/mol. The van der Waals surface area contributed by atoms with Crippen LogP contribution in [-0.2, 0) is 23.6 Å². The van der Waals surface area contributed by atoms with Crippen LogP contribution in [-0.4, -0.2) is 44.9 Å². The maximum absolute atomic E-state index is 13.1. The molecule has 2 aromatic carbocycles. The van der Waals surface area contributed by atoms with Crippen LogP contribution >= 0.6 is 11.8 Å². The molecule has 4 heterocycles. The molecule has 3 aliphatic heterocycles. The Morgan fingerprint density at radius 3 is 2.73 bits per heavy atom. The van der Waals surface area contributed by atoms with Crippen LogP contribution in [0.3, 0.4) is 0 Å². The Morgan fingerprint density at radius 2 is 1.97 bits per heavy atom. The average Bonchev–Trinajstić information content (AvgIpc) is 3.30. The highest BCUT2D eigenvalue weighted by Crippen LogP contribution is 2.37. The van der Waals surface area contributed by atoms with Gasteiger partial charge in [0.2, 0.25) is 5.91 Å². The summed E-state index contributed by atoms with van der Waals surface area (Å²) in [5.41, 5.74) is 1.90. The topological polar surface area (TPSA) is 63.1 Å².